The molecule has 0 aliphatic carbocycles. The molecule has 3 rings (SSSR count). The van der Waals surface area contributed by atoms with E-state index in [-0.39, 0.29) is 10.6 Å². The molecular formula is C15H19FN4O2S. The number of aromatic nitrogens is 2. The van der Waals surface area contributed by atoms with E-state index in [0.29, 0.717) is 12.5 Å². The van der Waals surface area contributed by atoms with Crippen LogP contribution in [-0.4, -0.2) is 37.8 Å². The molecule has 0 bridgehead atoms. The molecule has 8 heteroatoms. The molecule has 124 valence electrons. The molecule has 1 fully saturated rings. The monoisotopic (exact) mass is 338 g/mol. The maximum atomic E-state index is 13.7. The highest BCUT2D eigenvalue weighted by Gasteiger charge is 2.20. The minimum atomic E-state index is -3.64. The van der Waals surface area contributed by atoms with Crippen LogP contribution in [0.4, 0.5) is 4.39 Å². The summed E-state index contributed by atoms with van der Waals surface area (Å²) in [4.78, 5) is 0.0320. The van der Waals surface area contributed by atoms with Gasteiger partial charge in [0.15, 0.2) is 0 Å². The maximum absolute atomic E-state index is 13.7. The van der Waals surface area contributed by atoms with Gasteiger partial charge in [-0.2, -0.15) is 5.10 Å². The van der Waals surface area contributed by atoms with Crippen molar-refractivity contribution >= 4 is 10.0 Å². The Kier molecular flexibility index (Phi) is 4.74. The second kappa shape index (κ2) is 6.77. The van der Waals surface area contributed by atoms with Gasteiger partial charge in [-0.1, -0.05) is 12.1 Å². The molecule has 0 radical (unpaired) electrons. The van der Waals surface area contributed by atoms with Crippen molar-refractivity contribution in [3.8, 4) is 5.69 Å². The van der Waals surface area contributed by atoms with Crippen molar-refractivity contribution in [2.75, 3.05) is 19.6 Å². The minimum absolute atomic E-state index is 0.0320. The first-order chi connectivity index (χ1) is 11.1. The lowest BCUT2D eigenvalue weighted by atomic mass is 10.0. The fourth-order valence-electron chi connectivity index (χ4n) is 2.62. The van der Waals surface area contributed by atoms with E-state index in [1.54, 1.807) is 18.2 Å². The molecule has 0 unspecified atom stereocenters. The molecule has 0 saturated carbocycles. The van der Waals surface area contributed by atoms with E-state index >= 15 is 0 Å². The number of sulfonamides is 1. The Balaban J connectivity index is 1.72. The van der Waals surface area contributed by atoms with E-state index in [2.05, 4.69) is 15.1 Å². The van der Waals surface area contributed by atoms with E-state index in [0.717, 1.165) is 25.9 Å². The van der Waals surface area contributed by atoms with Gasteiger partial charge >= 0.3 is 0 Å². The second-order valence-corrected chi connectivity index (χ2v) is 7.40. The minimum Gasteiger partial charge on any atom is -0.316 e. The average molecular weight is 338 g/mol. The smallest absolute Gasteiger partial charge is 0.243 e. The fraction of sp³-hybridized carbons (Fsp3) is 0.400. The molecule has 23 heavy (non-hydrogen) atoms. The lowest BCUT2D eigenvalue weighted by Crippen LogP contribution is -2.38. The van der Waals surface area contributed by atoms with Crippen molar-refractivity contribution in [1.29, 1.82) is 0 Å². The quantitative estimate of drug-likeness (QED) is 0.861. The molecule has 0 spiro atoms. The Hall–Kier alpha value is -1.77. The molecule has 1 aliphatic heterocycles. The molecule has 6 nitrogen and oxygen atoms in total. The molecule has 2 heterocycles. The number of halogens is 1. The fourth-order valence-corrected chi connectivity index (χ4v) is 3.67. The van der Waals surface area contributed by atoms with Crippen molar-refractivity contribution in [2.45, 2.75) is 17.7 Å². The van der Waals surface area contributed by atoms with E-state index in [1.807, 2.05) is 0 Å². The molecule has 1 aromatic heterocycles. The molecule has 2 aromatic rings. The molecule has 1 aliphatic rings. The zero-order valence-electron chi connectivity index (χ0n) is 12.6. The Morgan fingerprint density at radius 1 is 1.39 bits per heavy atom. The van der Waals surface area contributed by atoms with Gasteiger partial charge < -0.3 is 5.32 Å². The second-order valence-electron chi connectivity index (χ2n) is 5.64. The molecule has 1 atom stereocenters. The predicted octanol–water partition coefficient (Wildman–Crippen LogP) is 1.29. The summed E-state index contributed by atoms with van der Waals surface area (Å²) in [5.41, 5.74) is 0.213. The third kappa shape index (κ3) is 3.77. The van der Waals surface area contributed by atoms with Gasteiger partial charge in [0.2, 0.25) is 10.0 Å². The molecule has 1 aromatic carbocycles. The van der Waals surface area contributed by atoms with Crippen LogP contribution in [0.15, 0.2) is 41.6 Å². The number of rotatable bonds is 5. The topological polar surface area (TPSA) is 76.0 Å². The van der Waals surface area contributed by atoms with Crippen molar-refractivity contribution in [3.63, 3.8) is 0 Å². The van der Waals surface area contributed by atoms with Crippen LogP contribution in [0, 0.1) is 11.7 Å². The lowest BCUT2D eigenvalue weighted by Gasteiger charge is -2.22. The van der Waals surface area contributed by atoms with Crippen LogP contribution in [0.2, 0.25) is 0 Å². The van der Waals surface area contributed by atoms with Gasteiger partial charge in [-0.05, 0) is 44.0 Å². The van der Waals surface area contributed by atoms with Crippen molar-refractivity contribution < 1.29 is 12.8 Å². The lowest BCUT2D eigenvalue weighted by molar-refractivity contribution is 0.376. The molecule has 2 N–H and O–H groups in total. The number of hydrogen-bond donors (Lipinski definition) is 2. The highest BCUT2D eigenvalue weighted by atomic mass is 32.2. The summed E-state index contributed by atoms with van der Waals surface area (Å²) >= 11 is 0. The van der Waals surface area contributed by atoms with Gasteiger partial charge in [0.05, 0.1) is 12.4 Å². The summed E-state index contributed by atoms with van der Waals surface area (Å²) in [7, 11) is -3.64. The average Bonchev–Trinajstić information content (AvgIpc) is 3.05. The van der Waals surface area contributed by atoms with Crippen LogP contribution in [0.5, 0.6) is 0 Å². The Morgan fingerprint density at radius 2 is 2.22 bits per heavy atom. The van der Waals surface area contributed by atoms with Gasteiger partial charge in [0, 0.05) is 6.54 Å². The summed E-state index contributed by atoms with van der Waals surface area (Å²) in [6.07, 6.45) is 4.61. The third-order valence-corrected chi connectivity index (χ3v) is 5.31. The van der Waals surface area contributed by atoms with Crippen LogP contribution in [0.3, 0.4) is 0 Å². The van der Waals surface area contributed by atoms with Gasteiger partial charge in [0.25, 0.3) is 0 Å². The van der Waals surface area contributed by atoms with E-state index in [1.165, 1.54) is 23.1 Å². The standard InChI is InChI=1S/C15H19FN4O2S/c16-14-5-1-2-6-15(14)20-11-13(10-18-20)23(21,22)19-9-12-4-3-7-17-8-12/h1-2,5-6,10-12,17,19H,3-4,7-9H2/t12-/m0/s1. The zero-order chi connectivity index (χ0) is 16.3. The van der Waals surface area contributed by atoms with Crippen LogP contribution in [0.25, 0.3) is 5.69 Å². The number of nitrogens with zero attached hydrogens (tertiary/aromatic N) is 2. The van der Waals surface area contributed by atoms with Crippen LogP contribution >= 0.6 is 0 Å². The normalized spacial score (nSPS) is 18.9. The summed E-state index contributed by atoms with van der Waals surface area (Å²) in [6, 6.07) is 6.09. The van der Waals surface area contributed by atoms with Crippen LogP contribution < -0.4 is 10.0 Å². The summed E-state index contributed by atoms with van der Waals surface area (Å²) in [6.45, 7) is 2.19. The zero-order valence-corrected chi connectivity index (χ0v) is 13.4. The number of piperidine rings is 1. The first kappa shape index (κ1) is 16.1. The predicted molar refractivity (Wildman–Crippen MR) is 84.3 cm³/mol. The van der Waals surface area contributed by atoms with Crippen LogP contribution in [0.1, 0.15) is 12.8 Å². The van der Waals surface area contributed by atoms with Crippen molar-refractivity contribution in [2.24, 2.45) is 5.92 Å². The number of para-hydroxylation sites is 1. The number of nitrogens with one attached hydrogen (secondary N) is 2. The molecular weight excluding hydrogens is 319 g/mol. The summed E-state index contributed by atoms with van der Waals surface area (Å²) < 4.78 is 42.2. The van der Waals surface area contributed by atoms with Gasteiger partial charge in [-0.3, -0.25) is 0 Å². The highest BCUT2D eigenvalue weighted by molar-refractivity contribution is 7.89. The molecule has 0 amide bonds. The summed E-state index contributed by atoms with van der Waals surface area (Å²) in [5, 5.41) is 7.20. The third-order valence-electron chi connectivity index (χ3n) is 3.93. The van der Waals surface area contributed by atoms with Crippen molar-refractivity contribution in [1.82, 2.24) is 19.8 Å². The Morgan fingerprint density at radius 3 is 2.96 bits per heavy atom. The van der Waals surface area contributed by atoms with Gasteiger partial charge in [-0.25, -0.2) is 22.2 Å². The van der Waals surface area contributed by atoms with E-state index in [4.69, 9.17) is 0 Å². The highest BCUT2D eigenvalue weighted by Crippen LogP contribution is 2.16. The number of benzene rings is 1. The number of hydrogen-bond acceptors (Lipinski definition) is 4. The molecule has 1 saturated heterocycles. The van der Waals surface area contributed by atoms with Crippen molar-refractivity contribution in [3.05, 3.63) is 42.5 Å². The Bertz CT molecular complexity index is 769. The van der Waals surface area contributed by atoms with E-state index < -0.39 is 15.8 Å². The van der Waals surface area contributed by atoms with Gasteiger partial charge in [0.1, 0.15) is 16.4 Å². The first-order valence-electron chi connectivity index (χ1n) is 7.56. The summed E-state index contributed by atoms with van der Waals surface area (Å²) in [5.74, 6) is -0.166. The van der Waals surface area contributed by atoms with E-state index in [9.17, 15) is 12.8 Å². The first-order valence-corrected chi connectivity index (χ1v) is 9.04. The van der Waals surface area contributed by atoms with Gasteiger partial charge in [-0.15, -0.1) is 0 Å². The Labute approximate surface area is 134 Å². The maximum Gasteiger partial charge on any atom is 0.243 e. The largest absolute Gasteiger partial charge is 0.316 e. The van der Waals surface area contributed by atoms with Crippen LogP contribution in [-0.2, 0) is 10.0 Å². The SMILES string of the molecule is O=S(=O)(NC[C@H]1CCCNC1)c1cnn(-c2ccccc2F)c1.